The Morgan fingerprint density at radius 3 is 2.57 bits per heavy atom. The molecule has 0 spiro atoms. The monoisotopic (exact) mass is 309 g/mol. The molecule has 0 radical (unpaired) electrons. The molecule has 2 saturated carbocycles. The summed E-state index contributed by atoms with van der Waals surface area (Å²) < 4.78 is 7.64. The van der Waals surface area contributed by atoms with Crippen molar-refractivity contribution in [3.8, 4) is 0 Å². The van der Waals surface area contributed by atoms with Gasteiger partial charge in [-0.3, -0.25) is 4.79 Å². The molecular formula is C15H23N3O2S. The number of hydrogen-bond donors (Lipinski definition) is 0. The standard InChI is InChI=1S/C15H23N3O2S/c1-15(2,3)20-12(19)8-9-21-14-17-16-13(10-4-5-10)18(14)11-6-7-11/h10-11H,4-9H2,1-3H3. The molecular weight excluding hydrogens is 286 g/mol. The van der Waals surface area contributed by atoms with E-state index in [4.69, 9.17) is 4.74 Å². The molecule has 0 bridgehead atoms. The van der Waals surface area contributed by atoms with E-state index >= 15 is 0 Å². The molecule has 0 unspecified atom stereocenters. The minimum atomic E-state index is -0.408. The Hall–Kier alpha value is -1.04. The number of ether oxygens (including phenoxy) is 1. The van der Waals surface area contributed by atoms with E-state index in [2.05, 4.69) is 14.8 Å². The highest BCUT2D eigenvalue weighted by Gasteiger charge is 2.36. The summed E-state index contributed by atoms with van der Waals surface area (Å²) in [5, 5.41) is 9.68. The van der Waals surface area contributed by atoms with Crippen molar-refractivity contribution in [3.63, 3.8) is 0 Å². The van der Waals surface area contributed by atoms with Crippen LogP contribution in [0, 0.1) is 0 Å². The highest BCUT2D eigenvalue weighted by molar-refractivity contribution is 7.99. The molecule has 21 heavy (non-hydrogen) atoms. The molecule has 5 nitrogen and oxygen atoms in total. The normalized spacial score (nSPS) is 18.8. The molecule has 0 aliphatic heterocycles. The van der Waals surface area contributed by atoms with Crippen LogP contribution in [0.2, 0.25) is 0 Å². The third-order valence-electron chi connectivity index (χ3n) is 3.50. The Labute approximate surface area is 129 Å². The average molecular weight is 309 g/mol. The molecule has 3 rings (SSSR count). The van der Waals surface area contributed by atoms with Gasteiger partial charge in [0.2, 0.25) is 0 Å². The van der Waals surface area contributed by atoms with Gasteiger partial charge in [0.1, 0.15) is 11.4 Å². The highest BCUT2D eigenvalue weighted by atomic mass is 32.2. The maximum absolute atomic E-state index is 11.7. The quantitative estimate of drug-likeness (QED) is 0.596. The van der Waals surface area contributed by atoms with Crippen molar-refractivity contribution in [2.45, 2.75) is 75.6 Å². The molecule has 2 fully saturated rings. The third-order valence-corrected chi connectivity index (χ3v) is 4.45. The molecule has 1 aromatic heterocycles. The zero-order valence-corrected chi connectivity index (χ0v) is 13.8. The second-order valence-electron chi connectivity index (χ2n) is 6.90. The van der Waals surface area contributed by atoms with Crippen LogP contribution >= 0.6 is 11.8 Å². The summed E-state index contributed by atoms with van der Waals surface area (Å²) in [7, 11) is 0. The van der Waals surface area contributed by atoms with Gasteiger partial charge in [-0.15, -0.1) is 10.2 Å². The fraction of sp³-hybridized carbons (Fsp3) is 0.800. The molecule has 0 N–H and O–H groups in total. The van der Waals surface area contributed by atoms with Crippen LogP contribution in [0.5, 0.6) is 0 Å². The Bertz CT molecular complexity index is 528. The van der Waals surface area contributed by atoms with Crippen molar-refractivity contribution in [3.05, 3.63) is 5.82 Å². The molecule has 0 atom stereocenters. The van der Waals surface area contributed by atoms with E-state index in [1.807, 2.05) is 20.8 Å². The van der Waals surface area contributed by atoms with Crippen molar-refractivity contribution < 1.29 is 9.53 Å². The first-order chi connectivity index (χ1) is 9.94. The Morgan fingerprint density at radius 1 is 1.29 bits per heavy atom. The van der Waals surface area contributed by atoms with Gasteiger partial charge in [0.05, 0.1) is 6.42 Å². The Morgan fingerprint density at radius 2 is 2.00 bits per heavy atom. The van der Waals surface area contributed by atoms with Crippen molar-refractivity contribution in [2.24, 2.45) is 0 Å². The van der Waals surface area contributed by atoms with Gasteiger partial charge < -0.3 is 9.30 Å². The van der Waals surface area contributed by atoms with Gasteiger partial charge >= 0.3 is 5.97 Å². The van der Waals surface area contributed by atoms with E-state index < -0.39 is 5.60 Å². The number of carbonyl (C=O) groups excluding carboxylic acids is 1. The van der Waals surface area contributed by atoms with Gasteiger partial charge in [0, 0.05) is 17.7 Å². The molecule has 0 aromatic carbocycles. The maximum Gasteiger partial charge on any atom is 0.307 e. The van der Waals surface area contributed by atoms with Crippen LogP contribution in [0.3, 0.4) is 0 Å². The maximum atomic E-state index is 11.7. The van der Waals surface area contributed by atoms with Crippen molar-refractivity contribution >= 4 is 17.7 Å². The van der Waals surface area contributed by atoms with E-state index in [0.717, 1.165) is 11.0 Å². The second-order valence-corrected chi connectivity index (χ2v) is 7.96. The van der Waals surface area contributed by atoms with E-state index in [0.29, 0.717) is 24.1 Å². The van der Waals surface area contributed by atoms with Gasteiger partial charge in [-0.2, -0.15) is 0 Å². The summed E-state index contributed by atoms with van der Waals surface area (Å²) in [5.74, 6) is 2.34. The summed E-state index contributed by atoms with van der Waals surface area (Å²) >= 11 is 1.62. The largest absolute Gasteiger partial charge is 0.460 e. The fourth-order valence-corrected chi connectivity index (χ4v) is 3.23. The number of esters is 1. The predicted molar refractivity (Wildman–Crippen MR) is 81.5 cm³/mol. The first kappa shape index (κ1) is 14.9. The lowest BCUT2D eigenvalue weighted by molar-refractivity contribution is -0.154. The Balaban J connectivity index is 1.55. The number of rotatable bonds is 6. The van der Waals surface area contributed by atoms with Gasteiger partial charge in [0.15, 0.2) is 5.16 Å². The van der Waals surface area contributed by atoms with Gasteiger partial charge in [-0.25, -0.2) is 0 Å². The Kier molecular flexibility index (Phi) is 3.99. The predicted octanol–water partition coefficient (Wildman–Crippen LogP) is 3.31. The van der Waals surface area contributed by atoms with Crippen LogP contribution in [-0.4, -0.2) is 32.1 Å². The lowest BCUT2D eigenvalue weighted by Crippen LogP contribution is -2.24. The minimum Gasteiger partial charge on any atom is -0.460 e. The average Bonchev–Trinajstić information content (AvgIpc) is 3.27. The van der Waals surface area contributed by atoms with Crippen molar-refractivity contribution in [2.75, 3.05) is 5.75 Å². The minimum absolute atomic E-state index is 0.144. The lowest BCUT2D eigenvalue weighted by atomic mass is 10.2. The summed E-state index contributed by atoms with van der Waals surface area (Å²) in [6.45, 7) is 5.68. The second kappa shape index (κ2) is 5.63. The number of aromatic nitrogens is 3. The highest BCUT2D eigenvalue weighted by Crippen LogP contribution is 2.46. The molecule has 6 heteroatoms. The number of thioether (sulfide) groups is 1. The zero-order chi connectivity index (χ0) is 15.0. The molecule has 2 aliphatic rings. The van der Waals surface area contributed by atoms with Gasteiger partial charge in [-0.05, 0) is 46.5 Å². The summed E-state index contributed by atoms with van der Waals surface area (Å²) in [6, 6.07) is 0.597. The topological polar surface area (TPSA) is 57.0 Å². The van der Waals surface area contributed by atoms with Crippen LogP contribution in [0.15, 0.2) is 5.16 Å². The summed E-state index contributed by atoms with van der Waals surface area (Å²) in [5.41, 5.74) is -0.408. The fourth-order valence-electron chi connectivity index (χ4n) is 2.30. The van der Waals surface area contributed by atoms with E-state index in [1.165, 1.54) is 25.7 Å². The van der Waals surface area contributed by atoms with E-state index in [9.17, 15) is 4.79 Å². The lowest BCUT2D eigenvalue weighted by Gasteiger charge is -2.19. The summed E-state index contributed by atoms with van der Waals surface area (Å²) in [4.78, 5) is 11.7. The number of carbonyl (C=O) groups is 1. The van der Waals surface area contributed by atoms with E-state index in [-0.39, 0.29) is 5.97 Å². The number of hydrogen-bond acceptors (Lipinski definition) is 5. The first-order valence-corrected chi connectivity index (χ1v) is 8.72. The van der Waals surface area contributed by atoms with Gasteiger partial charge in [0.25, 0.3) is 0 Å². The smallest absolute Gasteiger partial charge is 0.307 e. The van der Waals surface area contributed by atoms with Crippen molar-refractivity contribution in [1.82, 2.24) is 14.8 Å². The van der Waals surface area contributed by atoms with Crippen molar-refractivity contribution in [1.29, 1.82) is 0 Å². The van der Waals surface area contributed by atoms with Crippen LogP contribution < -0.4 is 0 Å². The zero-order valence-electron chi connectivity index (χ0n) is 13.0. The van der Waals surface area contributed by atoms with E-state index in [1.54, 1.807) is 11.8 Å². The first-order valence-electron chi connectivity index (χ1n) is 7.73. The molecule has 0 amide bonds. The van der Waals surface area contributed by atoms with Crippen LogP contribution in [0.4, 0.5) is 0 Å². The number of nitrogens with zero attached hydrogens (tertiary/aromatic N) is 3. The molecule has 0 saturated heterocycles. The third kappa shape index (κ3) is 3.99. The van der Waals surface area contributed by atoms with Gasteiger partial charge in [-0.1, -0.05) is 11.8 Å². The van der Waals surface area contributed by atoms with Crippen LogP contribution in [0.1, 0.15) is 70.7 Å². The molecule has 2 aliphatic carbocycles. The molecule has 1 aromatic rings. The van der Waals surface area contributed by atoms with Crippen LogP contribution in [0.25, 0.3) is 0 Å². The molecule has 1 heterocycles. The summed E-state index contributed by atoms with van der Waals surface area (Å²) in [6.07, 6.45) is 5.37. The van der Waals surface area contributed by atoms with Crippen LogP contribution in [-0.2, 0) is 9.53 Å². The SMILES string of the molecule is CC(C)(C)OC(=O)CCSc1nnc(C2CC2)n1C1CC1. The molecule has 116 valence electrons.